The molecule has 0 amide bonds. The van der Waals surface area contributed by atoms with Crippen LogP contribution in [0.1, 0.15) is 20.8 Å². The van der Waals surface area contributed by atoms with Gasteiger partial charge in [0.05, 0.1) is 18.0 Å². The maximum absolute atomic E-state index is 11.7. The van der Waals surface area contributed by atoms with Gasteiger partial charge in [-0.15, -0.1) is 0 Å². The third-order valence-corrected chi connectivity index (χ3v) is 4.56. The van der Waals surface area contributed by atoms with E-state index in [0.717, 1.165) is 0 Å². The highest BCUT2D eigenvalue weighted by molar-refractivity contribution is 7.90. The maximum Gasteiger partial charge on any atom is 0.216 e. The molecule has 0 aliphatic rings. The van der Waals surface area contributed by atoms with Crippen molar-refractivity contribution in [3.05, 3.63) is 0 Å². The van der Waals surface area contributed by atoms with Gasteiger partial charge in [-0.3, -0.25) is 4.90 Å². The highest BCUT2D eigenvalue weighted by atomic mass is 32.2. The zero-order valence-electron chi connectivity index (χ0n) is 10.8. The molecule has 0 aromatic rings. The number of rotatable bonds is 8. The fourth-order valence-electron chi connectivity index (χ4n) is 1.17. The molecule has 0 rings (SSSR count). The predicted molar refractivity (Wildman–Crippen MR) is 67.3 cm³/mol. The summed E-state index contributed by atoms with van der Waals surface area (Å²) in [4.78, 5) is 1.80. The van der Waals surface area contributed by atoms with Crippen LogP contribution in [0.5, 0.6) is 0 Å². The molecule has 0 aromatic carbocycles. The lowest BCUT2D eigenvalue weighted by Crippen LogP contribution is -2.43. The van der Waals surface area contributed by atoms with Crippen LogP contribution in [0.15, 0.2) is 0 Å². The fourth-order valence-corrected chi connectivity index (χ4v) is 1.97. The zero-order chi connectivity index (χ0) is 13.5. The molecule has 3 N–H and O–H groups in total. The van der Waals surface area contributed by atoms with E-state index in [1.54, 1.807) is 25.7 Å². The molecule has 0 aliphatic heterocycles. The van der Waals surface area contributed by atoms with Crippen LogP contribution in [0.4, 0.5) is 0 Å². The average Bonchev–Trinajstić information content (AvgIpc) is 2.16. The fraction of sp³-hybridized carbons (Fsp3) is 1.00. The number of aliphatic hydroxyl groups is 2. The molecular weight excluding hydrogens is 244 g/mol. The van der Waals surface area contributed by atoms with E-state index in [9.17, 15) is 8.42 Å². The summed E-state index contributed by atoms with van der Waals surface area (Å²) in [5.74, 6) is 0. The van der Waals surface area contributed by atoms with E-state index in [-0.39, 0.29) is 19.8 Å². The third-order valence-electron chi connectivity index (χ3n) is 2.36. The van der Waals surface area contributed by atoms with E-state index >= 15 is 0 Å². The number of nitrogens with zero attached hydrogens (tertiary/aromatic N) is 1. The summed E-state index contributed by atoms with van der Waals surface area (Å²) in [5.41, 5.74) is 0. The first kappa shape index (κ1) is 16.8. The standard InChI is InChI=1S/C10H24N2O4S/c1-10(2,3)17(15,16)11-4-5-12(6-8-13)7-9-14/h11,13-14H,4-9H2,1-3H3. The Bertz CT molecular complexity index is 292. The van der Waals surface area contributed by atoms with E-state index in [0.29, 0.717) is 19.6 Å². The molecule has 0 aromatic heterocycles. The van der Waals surface area contributed by atoms with Crippen molar-refractivity contribution in [2.45, 2.75) is 25.5 Å². The van der Waals surface area contributed by atoms with Gasteiger partial charge in [0.25, 0.3) is 0 Å². The summed E-state index contributed by atoms with van der Waals surface area (Å²) in [5, 5.41) is 17.6. The first-order chi connectivity index (χ1) is 7.74. The summed E-state index contributed by atoms with van der Waals surface area (Å²) in [6.07, 6.45) is 0. The largest absolute Gasteiger partial charge is 0.395 e. The first-order valence-electron chi connectivity index (χ1n) is 5.68. The summed E-state index contributed by atoms with van der Waals surface area (Å²) in [6, 6.07) is 0. The van der Waals surface area contributed by atoms with Crippen LogP contribution in [-0.2, 0) is 10.0 Å². The maximum atomic E-state index is 11.7. The minimum absolute atomic E-state index is 0.00792. The van der Waals surface area contributed by atoms with E-state index in [1.807, 2.05) is 0 Å². The minimum atomic E-state index is -3.32. The molecular formula is C10H24N2O4S. The van der Waals surface area contributed by atoms with Crippen LogP contribution in [0.2, 0.25) is 0 Å². The van der Waals surface area contributed by atoms with Crippen molar-refractivity contribution in [2.75, 3.05) is 39.4 Å². The molecule has 0 saturated carbocycles. The first-order valence-corrected chi connectivity index (χ1v) is 7.16. The highest BCUT2D eigenvalue weighted by Crippen LogP contribution is 2.12. The lowest BCUT2D eigenvalue weighted by molar-refractivity contribution is 0.163. The van der Waals surface area contributed by atoms with Crippen LogP contribution in [0.3, 0.4) is 0 Å². The molecule has 0 spiro atoms. The van der Waals surface area contributed by atoms with Gasteiger partial charge in [0.1, 0.15) is 0 Å². The van der Waals surface area contributed by atoms with Gasteiger partial charge in [-0.1, -0.05) is 0 Å². The molecule has 0 radical (unpaired) electrons. The Morgan fingerprint density at radius 3 is 1.88 bits per heavy atom. The third kappa shape index (κ3) is 6.32. The van der Waals surface area contributed by atoms with Crippen molar-refractivity contribution in [1.82, 2.24) is 9.62 Å². The van der Waals surface area contributed by atoms with Crippen LogP contribution >= 0.6 is 0 Å². The second-order valence-electron chi connectivity index (χ2n) is 4.80. The smallest absolute Gasteiger partial charge is 0.216 e. The molecule has 17 heavy (non-hydrogen) atoms. The molecule has 0 aliphatic carbocycles. The molecule has 0 bridgehead atoms. The Morgan fingerprint density at radius 2 is 1.53 bits per heavy atom. The Hall–Kier alpha value is -0.210. The minimum Gasteiger partial charge on any atom is -0.395 e. The Balaban J connectivity index is 4.12. The van der Waals surface area contributed by atoms with Gasteiger partial charge < -0.3 is 10.2 Å². The van der Waals surface area contributed by atoms with E-state index in [1.165, 1.54) is 0 Å². The lowest BCUT2D eigenvalue weighted by Gasteiger charge is -2.23. The van der Waals surface area contributed by atoms with Gasteiger partial charge in [-0.25, -0.2) is 13.1 Å². The normalized spacial score (nSPS) is 13.3. The van der Waals surface area contributed by atoms with Crippen molar-refractivity contribution in [3.8, 4) is 0 Å². The Kier molecular flexibility index (Phi) is 7.18. The Morgan fingerprint density at radius 1 is 1.06 bits per heavy atom. The molecule has 0 fully saturated rings. The van der Waals surface area contributed by atoms with Crippen LogP contribution < -0.4 is 4.72 Å². The quantitative estimate of drug-likeness (QED) is 0.525. The van der Waals surface area contributed by atoms with E-state index in [2.05, 4.69) is 4.72 Å². The molecule has 6 nitrogen and oxygen atoms in total. The number of hydrogen-bond acceptors (Lipinski definition) is 5. The highest BCUT2D eigenvalue weighted by Gasteiger charge is 2.28. The number of sulfonamides is 1. The SMILES string of the molecule is CC(C)(C)S(=O)(=O)NCCN(CCO)CCO. The monoisotopic (exact) mass is 268 g/mol. The summed E-state index contributed by atoms with van der Waals surface area (Å²) < 4.78 is 25.1. The summed E-state index contributed by atoms with van der Waals surface area (Å²) in [7, 11) is -3.32. The summed E-state index contributed by atoms with van der Waals surface area (Å²) in [6.45, 7) is 6.49. The number of aliphatic hydroxyl groups excluding tert-OH is 2. The molecule has 104 valence electrons. The van der Waals surface area contributed by atoms with Crippen LogP contribution in [0, 0.1) is 0 Å². The molecule has 0 heterocycles. The van der Waals surface area contributed by atoms with E-state index < -0.39 is 14.8 Å². The molecule has 0 saturated heterocycles. The van der Waals surface area contributed by atoms with Crippen molar-refractivity contribution < 1.29 is 18.6 Å². The summed E-state index contributed by atoms with van der Waals surface area (Å²) >= 11 is 0. The van der Waals surface area contributed by atoms with Crippen molar-refractivity contribution >= 4 is 10.0 Å². The Labute approximate surface area is 104 Å². The van der Waals surface area contributed by atoms with Gasteiger partial charge >= 0.3 is 0 Å². The second-order valence-corrected chi connectivity index (χ2v) is 7.32. The van der Waals surface area contributed by atoms with Crippen molar-refractivity contribution in [3.63, 3.8) is 0 Å². The van der Waals surface area contributed by atoms with Gasteiger partial charge in [-0.2, -0.15) is 0 Å². The lowest BCUT2D eigenvalue weighted by atomic mass is 10.3. The molecule has 0 unspecified atom stereocenters. The predicted octanol–water partition coefficient (Wildman–Crippen LogP) is -1.01. The van der Waals surface area contributed by atoms with Crippen LogP contribution in [-0.4, -0.2) is 67.7 Å². The van der Waals surface area contributed by atoms with Crippen molar-refractivity contribution in [1.29, 1.82) is 0 Å². The molecule has 0 atom stereocenters. The van der Waals surface area contributed by atoms with Gasteiger partial charge in [-0.05, 0) is 20.8 Å². The average molecular weight is 268 g/mol. The van der Waals surface area contributed by atoms with Gasteiger partial charge in [0.2, 0.25) is 10.0 Å². The van der Waals surface area contributed by atoms with E-state index in [4.69, 9.17) is 10.2 Å². The number of hydrogen-bond donors (Lipinski definition) is 3. The van der Waals surface area contributed by atoms with Gasteiger partial charge in [0.15, 0.2) is 0 Å². The van der Waals surface area contributed by atoms with Crippen LogP contribution in [0.25, 0.3) is 0 Å². The molecule has 7 heteroatoms. The van der Waals surface area contributed by atoms with Gasteiger partial charge in [0, 0.05) is 26.2 Å². The topological polar surface area (TPSA) is 89.9 Å². The number of nitrogens with one attached hydrogen (secondary N) is 1. The second kappa shape index (κ2) is 7.27. The zero-order valence-corrected chi connectivity index (χ0v) is 11.6. The van der Waals surface area contributed by atoms with Crippen molar-refractivity contribution in [2.24, 2.45) is 0 Å².